The van der Waals surface area contributed by atoms with Crippen molar-refractivity contribution in [2.75, 3.05) is 18.0 Å². The maximum Gasteiger partial charge on any atom is 0.146 e. The topological polar surface area (TPSA) is 29.0 Å². The summed E-state index contributed by atoms with van der Waals surface area (Å²) in [6.45, 7) is 6.86. The standard InChI is InChI=1S/C12H18BrN3/c1-9(2)10-3-5-16(6-4-10)12-11(13)7-14-8-15-12/h7-10H,3-6H2,1-2H3. The van der Waals surface area contributed by atoms with Crippen LogP contribution in [0.1, 0.15) is 26.7 Å². The zero-order valence-corrected chi connectivity index (χ0v) is 11.4. The van der Waals surface area contributed by atoms with Crippen molar-refractivity contribution in [1.29, 1.82) is 0 Å². The van der Waals surface area contributed by atoms with Gasteiger partial charge in [0.05, 0.1) is 4.47 Å². The van der Waals surface area contributed by atoms with Crippen LogP contribution in [-0.4, -0.2) is 23.1 Å². The lowest BCUT2D eigenvalue weighted by molar-refractivity contribution is 0.310. The molecule has 0 unspecified atom stereocenters. The molecule has 4 heteroatoms. The van der Waals surface area contributed by atoms with Crippen LogP contribution < -0.4 is 4.90 Å². The highest BCUT2D eigenvalue weighted by atomic mass is 79.9. The monoisotopic (exact) mass is 283 g/mol. The summed E-state index contributed by atoms with van der Waals surface area (Å²) >= 11 is 3.51. The van der Waals surface area contributed by atoms with Crippen LogP contribution in [0.5, 0.6) is 0 Å². The Balaban J connectivity index is 2.02. The van der Waals surface area contributed by atoms with E-state index < -0.39 is 0 Å². The van der Waals surface area contributed by atoms with Crippen LogP contribution in [-0.2, 0) is 0 Å². The van der Waals surface area contributed by atoms with Gasteiger partial charge >= 0.3 is 0 Å². The third kappa shape index (κ3) is 2.54. The van der Waals surface area contributed by atoms with Gasteiger partial charge in [-0.25, -0.2) is 9.97 Å². The fourth-order valence-corrected chi connectivity index (χ4v) is 2.79. The second-order valence-electron chi connectivity index (χ2n) is 4.76. The lowest BCUT2D eigenvalue weighted by Crippen LogP contribution is -2.35. The van der Waals surface area contributed by atoms with E-state index >= 15 is 0 Å². The van der Waals surface area contributed by atoms with Crippen LogP contribution in [0.3, 0.4) is 0 Å². The predicted octanol–water partition coefficient (Wildman–Crippen LogP) is 3.11. The molecule has 0 N–H and O–H groups in total. The summed E-state index contributed by atoms with van der Waals surface area (Å²) < 4.78 is 0.998. The fourth-order valence-electron chi connectivity index (χ4n) is 2.32. The van der Waals surface area contributed by atoms with Crippen LogP contribution in [0, 0.1) is 11.8 Å². The first kappa shape index (κ1) is 11.8. The molecule has 0 amide bonds. The Morgan fingerprint density at radius 2 is 2.06 bits per heavy atom. The van der Waals surface area contributed by atoms with Crippen molar-refractivity contribution in [3.8, 4) is 0 Å². The van der Waals surface area contributed by atoms with Gasteiger partial charge in [0.1, 0.15) is 12.1 Å². The minimum absolute atomic E-state index is 0.802. The minimum Gasteiger partial charge on any atom is -0.356 e. The van der Waals surface area contributed by atoms with Crippen LogP contribution in [0.4, 0.5) is 5.82 Å². The number of hydrogen-bond donors (Lipinski definition) is 0. The van der Waals surface area contributed by atoms with Gasteiger partial charge in [-0.2, -0.15) is 0 Å². The lowest BCUT2D eigenvalue weighted by Gasteiger charge is -2.34. The largest absolute Gasteiger partial charge is 0.356 e. The summed E-state index contributed by atoms with van der Waals surface area (Å²) in [6.07, 6.45) is 5.98. The number of nitrogens with zero attached hydrogens (tertiary/aromatic N) is 3. The molecule has 0 bridgehead atoms. The average Bonchev–Trinajstić information content (AvgIpc) is 2.30. The molecule has 1 aliphatic rings. The van der Waals surface area contributed by atoms with Crippen molar-refractivity contribution in [2.45, 2.75) is 26.7 Å². The molecule has 3 nitrogen and oxygen atoms in total. The van der Waals surface area contributed by atoms with Crippen molar-refractivity contribution in [3.63, 3.8) is 0 Å². The maximum atomic E-state index is 4.34. The van der Waals surface area contributed by atoms with Gasteiger partial charge in [-0.1, -0.05) is 13.8 Å². The molecule has 1 aromatic rings. The second-order valence-corrected chi connectivity index (χ2v) is 5.62. The zero-order valence-electron chi connectivity index (χ0n) is 9.86. The van der Waals surface area contributed by atoms with E-state index in [1.807, 2.05) is 6.20 Å². The van der Waals surface area contributed by atoms with Gasteiger partial charge in [0.2, 0.25) is 0 Å². The van der Waals surface area contributed by atoms with E-state index in [-0.39, 0.29) is 0 Å². The molecule has 0 aromatic carbocycles. The molecule has 1 aromatic heterocycles. The van der Waals surface area contributed by atoms with E-state index in [1.165, 1.54) is 12.8 Å². The molecule has 1 fully saturated rings. The number of piperidine rings is 1. The number of anilines is 1. The Hall–Kier alpha value is -0.640. The van der Waals surface area contributed by atoms with E-state index in [2.05, 4.69) is 44.6 Å². The Labute approximate surface area is 105 Å². The number of aromatic nitrogens is 2. The number of rotatable bonds is 2. The molecule has 2 heterocycles. The van der Waals surface area contributed by atoms with Gasteiger partial charge in [-0.3, -0.25) is 0 Å². The first-order valence-corrected chi connectivity index (χ1v) is 6.68. The van der Waals surface area contributed by atoms with Crippen molar-refractivity contribution in [1.82, 2.24) is 9.97 Å². The van der Waals surface area contributed by atoms with Crippen molar-refractivity contribution in [2.24, 2.45) is 11.8 Å². The highest BCUT2D eigenvalue weighted by Gasteiger charge is 2.23. The average molecular weight is 284 g/mol. The van der Waals surface area contributed by atoms with Crippen LogP contribution in [0.25, 0.3) is 0 Å². The Morgan fingerprint density at radius 3 is 2.62 bits per heavy atom. The van der Waals surface area contributed by atoms with Gasteiger partial charge < -0.3 is 4.90 Å². The predicted molar refractivity (Wildman–Crippen MR) is 69.5 cm³/mol. The Kier molecular flexibility index (Phi) is 3.79. The molecule has 88 valence electrons. The quantitative estimate of drug-likeness (QED) is 0.835. The van der Waals surface area contributed by atoms with E-state index in [1.54, 1.807) is 6.33 Å². The Bertz CT molecular complexity index is 346. The molecule has 2 rings (SSSR count). The number of halogens is 1. The van der Waals surface area contributed by atoms with Gasteiger partial charge in [-0.15, -0.1) is 0 Å². The highest BCUT2D eigenvalue weighted by Crippen LogP contribution is 2.29. The smallest absolute Gasteiger partial charge is 0.146 e. The molecule has 0 radical (unpaired) electrons. The summed E-state index contributed by atoms with van der Waals surface area (Å²) in [5.74, 6) is 2.71. The van der Waals surface area contributed by atoms with E-state index in [9.17, 15) is 0 Å². The molecule has 0 aliphatic carbocycles. The third-order valence-electron chi connectivity index (χ3n) is 3.43. The second kappa shape index (κ2) is 5.13. The van der Waals surface area contributed by atoms with Crippen molar-refractivity contribution < 1.29 is 0 Å². The molecular formula is C12H18BrN3. The third-order valence-corrected chi connectivity index (χ3v) is 3.99. The molecule has 1 saturated heterocycles. The zero-order chi connectivity index (χ0) is 11.5. The molecule has 0 atom stereocenters. The lowest BCUT2D eigenvalue weighted by atomic mass is 9.87. The summed E-state index contributed by atoms with van der Waals surface area (Å²) in [5, 5.41) is 0. The van der Waals surface area contributed by atoms with Crippen molar-refractivity contribution in [3.05, 3.63) is 17.0 Å². The summed E-state index contributed by atoms with van der Waals surface area (Å²) in [5.41, 5.74) is 0. The molecule has 1 aliphatic heterocycles. The minimum atomic E-state index is 0.802. The first-order chi connectivity index (χ1) is 7.68. The van der Waals surface area contributed by atoms with Gasteiger partial charge in [0.15, 0.2) is 0 Å². The fraction of sp³-hybridized carbons (Fsp3) is 0.667. The molecule has 0 spiro atoms. The summed E-state index contributed by atoms with van der Waals surface area (Å²) in [7, 11) is 0. The van der Waals surface area contributed by atoms with Gasteiger partial charge in [0.25, 0.3) is 0 Å². The Morgan fingerprint density at radius 1 is 1.38 bits per heavy atom. The van der Waals surface area contributed by atoms with Crippen LogP contribution in [0.2, 0.25) is 0 Å². The van der Waals surface area contributed by atoms with Crippen molar-refractivity contribution >= 4 is 21.7 Å². The van der Waals surface area contributed by atoms with Gasteiger partial charge in [-0.05, 0) is 40.6 Å². The van der Waals surface area contributed by atoms with E-state index in [4.69, 9.17) is 0 Å². The summed E-state index contributed by atoms with van der Waals surface area (Å²) in [4.78, 5) is 10.7. The molecular weight excluding hydrogens is 266 g/mol. The molecule has 0 saturated carbocycles. The summed E-state index contributed by atoms with van der Waals surface area (Å²) in [6, 6.07) is 0. The van der Waals surface area contributed by atoms with Gasteiger partial charge in [0, 0.05) is 19.3 Å². The van der Waals surface area contributed by atoms with E-state index in [0.29, 0.717) is 0 Å². The highest BCUT2D eigenvalue weighted by molar-refractivity contribution is 9.10. The maximum absolute atomic E-state index is 4.34. The first-order valence-electron chi connectivity index (χ1n) is 5.89. The molecule has 16 heavy (non-hydrogen) atoms. The number of hydrogen-bond acceptors (Lipinski definition) is 3. The normalized spacial score (nSPS) is 18.1. The van der Waals surface area contributed by atoms with Crippen LogP contribution in [0.15, 0.2) is 17.0 Å². The van der Waals surface area contributed by atoms with E-state index in [0.717, 1.165) is 35.2 Å². The SMILES string of the molecule is CC(C)C1CCN(c2ncncc2Br)CC1. The van der Waals surface area contributed by atoms with Crippen LogP contribution >= 0.6 is 15.9 Å².